The molecule has 0 aliphatic heterocycles. The van der Waals surface area contributed by atoms with Gasteiger partial charge in [-0.2, -0.15) is 5.26 Å². The molecule has 108 valence electrons. The average Bonchev–Trinajstić information content (AvgIpc) is 2.97. The molecule has 0 aliphatic carbocycles. The highest BCUT2D eigenvalue weighted by atomic mass is 32.1. The fourth-order valence-electron chi connectivity index (χ4n) is 1.83. The van der Waals surface area contributed by atoms with Crippen LogP contribution in [0.2, 0.25) is 0 Å². The van der Waals surface area contributed by atoms with Crippen molar-refractivity contribution in [1.29, 1.82) is 5.26 Å². The van der Waals surface area contributed by atoms with Crippen LogP contribution in [0.1, 0.15) is 12.1 Å². The van der Waals surface area contributed by atoms with E-state index in [4.69, 9.17) is 5.26 Å². The lowest BCUT2D eigenvalue weighted by molar-refractivity contribution is -0.139. The maximum absolute atomic E-state index is 11.3. The molecule has 6 heteroatoms. The third-order valence-corrected chi connectivity index (χ3v) is 3.75. The molecule has 2 aromatic rings. The lowest BCUT2D eigenvalue weighted by Crippen LogP contribution is -2.18. The van der Waals surface area contributed by atoms with Crippen LogP contribution in [0.25, 0.3) is 0 Å². The van der Waals surface area contributed by atoms with Gasteiger partial charge in [0.2, 0.25) is 0 Å². The Hall–Kier alpha value is -2.39. The summed E-state index contributed by atoms with van der Waals surface area (Å²) < 4.78 is 4.64. The van der Waals surface area contributed by atoms with Crippen molar-refractivity contribution in [2.75, 3.05) is 18.6 Å². The first-order valence-corrected chi connectivity index (χ1v) is 7.33. The SMILES string of the molecule is COC(=O)Cc1csc(N(CCC#N)c2ccccc2)n1. The van der Waals surface area contributed by atoms with Gasteiger partial charge in [-0.05, 0) is 12.1 Å². The van der Waals surface area contributed by atoms with Crippen LogP contribution in [-0.4, -0.2) is 24.6 Å². The molecule has 2 rings (SSSR count). The van der Waals surface area contributed by atoms with Gasteiger partial charge >= 0.3 is 5.97 Å². The zero-order valence-corrected chi connectivity index (χ0v) is 12.5. The fourth-order valence-corrected chi connectivity index (χ4v) is 2.70. The Morgan fingerprint density at radius 1 is 1.43 bits per heavy atom. The van der Waals surface area contributed by atoms with Gasteiger partial charge in [-0.3, -0.25) is 4.79 Å². The van der Waals surface area contributed by atoms with Crippen LogP contribution in [0.3, 0.4) is 0 Å². The number of para-hydroxylation sites is 1. The maximum atomic E-state index is 11.3. The first kappa shape index (κ1) is 15.0. The Morgan fingerprint density at radius 3 is 2.86 bits per heavy atom. The number of carbonyl (C=O) groups excluding carboxylic acids is 1. The van der Waals surface area contributed by atoms with Gasteiger partial charge in [-0.15, -0.1) is 11.3 Å². The van der Waals surface area contributed by atoms with Crippen LogP contribution in [-0.2, 0) is 16.0 Å². The normalized spacial score (nSPS) is 9.90. The minimum Gasteiger partial charge on any atom is -0.469 e. The van der Waals surface area contributed by atoms with Gasteiger partial charge in [0.15, 0.2) is 5.13 Å². The Balaban J connectivity index is 2.21. The number of hydrogen-bond donors (Lipinski definition) is 0. The second-order valence-electron chi connectivity index (χ2n) is 4.27. The van der Waals surface area contributed by atoms with E-state index in [2.05, 4.69) is 15.8 Å². The van der Waals surface area contributed by atoms with Crippen LogP contribution >= 0.6 is 11.3 Å². The molecular weight excluding hydrogens is 286 g/mol. The highest BCUT2D eigenvalue weighted by molar-refractivity contribution is 7.13. The topological polar surface area (TPSA) is 66.2 Å². The van der Waals surface area contributed by atoms with Crippen molar-refractivity contribution >= 4 is 28.1 Å². The zero-order chi connectivity index (χ0) is 15.1. The Morgan fingerprint density at radius 2 is 2.19 bits per heavy atom. The van der Waals surface area contributed by atoms with E-state index in [9.17, 15) is 4.79 Å². The van der Waals surface area contributed by atoms with E-state index in [1.54, 1.807) is 0 Å². The summed E-state index contributed by atoms with van der Waals surface area (Å²) in [7, 11) is 1.36. The predicted molar refractivity (Wildman–Crippen MR) is 81.5 cm³/mol. The van der Waals surface area contributed by atoms with Crippen molar-refractivity contribution in [2.45, 2.75) is 12.8 Å². The van der Waals surface area contributed by atoms with E-state index in [0.717, 1.165) is 10.8 Å². The van der Waals surface area contributed by atoms with Crippen molar-refractivity contribution in [3.8, 4) is 6.07 Å². The van der Waals surface area contributed by atoms with Gasteiger partial charge in [0.1, 0.15) is 0 Å². The highest BCUT2D eigenvalue weighted by Gasteiger charge is 2.14. The van der Waals surface area contributed by atoms with Gasteiger partial charge in [-0.25, -0.2) is 4.98 Å². The van der Waals surface area contributed by atoms with Gasteiger partial charge < -0.3 is 9.64 Å². The summed E-state index contributed by atoms with van der Waals surface area (Å²) in [5, 5.41) is 11.4. The standard InChI is InChI=1S/C15H15N3O2S/c1-20-14(19)10-12-11-21-15(17-12)18(9-5-8-16)13-6-3-2-4-7-13/h2-4,6-7,11H,5,9-10H2,1H3. The lowest BCUT2D eigenvalue weighted by atomic mass is 10.3. The summed E-state index contributed by atoms with van der Waals surface area (Å²) >= 11 is 1.45. The first-order chi connectivity index (χ1) is 10.2. The number of carbonyl (C=O) groups is 1. The van der Waals surface area contributed by atoms with E-state index >= 15 is 0 Å². The first-order valence-electron chi connectivity index (χ1n) is 6.45. The number of anilines is 2. The Bertz CT molecular complexity index is 634. The van der Waals surface area contributed by atoms with Crippen LogP contribution in [0.15, 0.2) is 35.7 Å². The quantitative estimate of drug-likeness (QED) is 0.767. The van der Waals surface area contributed by atoms with Crippen LogP contribution in [0, 0.1) is 11.3 Å². The molecule has 1 aromatic carbocycles. The zero-order valence-electron chi connectivity index (χ0n) is 11.7. The minimum absolute atomic E-state index is 0.161. The second kappa shape index (κ2) is 7.41. The van der Waals surface area contributed by atoms with Gasteiger partial charge in [0.05, 0.1) is 31.7 Å². The monoisotopic (exact) mass is 301 g/mol. The molecule has 0 amide bonds. The molecule has 0 unspecified atom stereocenters. The molecule has 0 radical (unpaired) electrons. The summed E-state index contributed by atoms with van der Waals surface area (Å²) in [5.74, 6) is -0.310. The number of aromatic nitrogens is 1. The van der Waals surface area contributed by atoms with Crippen LogP contribution < -0.4 is 4.90 Å². The third kappa shape index (κ3) is 4.04. The van der Waals surface area contributed by atoms with E-state index in [0.29, 0.717) is 18.7 Å². The molecular formula is C15H15N3O2S. The Kier molecular flexibility index (Phi) is 5.29. The molecule has 0 fully saturated rings. The molecule has 0 N–H and O–H groups in total. The molecule has 21 heavy (non-hydrogen) atoms. The number of benzene rings is 1. The maximum Gasteiger partial charge on any atom is 0.311 e. The summed E-state index contributed by atoms with van der Waals surface area (Å²) in [4.78, 5) is 17.7. The molecule has 0 saturated heterocycles. The Labute approximate surface area is 127 Å². The number of esters is 1. The van der Waals surface area contributed by atoms with E-state index in [1.807, 2.05) is 40.6 Å². The van der Waals surface area contributed by atoms with Crippen LogP contribution in [0.5, 0.6) is 0 Å². The van der Waals surface area contributed by atoms with Crippen molar-refractivity contribution in [3.63, 3.8) is 0 Å². The molecule has 0 spiro atoms. The number of nitriles is 1. The van der Waals surface area contributed by atoms with E-state index < -0.39 is 0 Å². The van der Waals surface area contributed by atoms with Crippen molar-refractivity contribution in [3.05, 3.63) is 41.4 Å². The number of methoxy groups -OCH3 is 1. The largest absolute Gasteiger partial charge is 0.469 e. The van der Waals surface area contributed by atoms with Crippen molar-refractivity contribution in [1.82, 2.24) is 4.98 Å². The highest BCUT2D eigenvalue weighted by Crippen LogP contribution is 2.28. The number of hydrogen-bond acceptors (Lipinski definition) is 6. The van der Waals surface area contributed by atoms with Gasteiger partial charge in [-0.1, -0.05) is 18.2 Å². The number of ether oxygens (including phenoxy) is 1. The molecule has 0 saturated carbocycles. The van der Waals surface area contributed by atoms with E-state index in [-0.39, 0.29) is 12.4 Å². The van der Waals surface area contributed by atoms with E-state index in [1.165, 1.54) is 18.4 Å². The molecule has 5 nitrogen and oxygen atoms in total. The third-order valence-electron chi connectivity index (χ3n) is 2.84. The summed E-state index contributed by atoms with van der Waals surface area (Å²) in [5.41, 5.74) is 1.66. The van der Waals surface area contributed by atoms with Gasteiger partial charge in [0.25, 0.3) is 0 Å². The molecule has 0 bridgehead atoms. The average molecular weight is 301 g/mol. The fraction of sp³-hybridized carbons (Fsp3) is 0.267. The molecule has 1 heterocycles. The van der Waals surface area contributed by atoms with Crippen LogP contribution in [0.4, 0.5) is 10.8 Å². The molecule has 0 aliphatic rings. The molecule has 0 atom stereocenters. The smallest absolute Gasteiger partial charge is 0.311 e. The second-order valence-corrected chi connectivity index (χ2v) is 5.11. The number of thiazole rings is 1. The molecule has 1 aromatic heterocycles. The van der Waals surface area contributed by atoms with Crippen molar-refractivity contribution in [2.24, 2.45) is 0 Å². The lowest BCUT2D eigenvalue weighted by Gasteiger charge is -2.20. The number of rotatable bonds is 6. The van der Waals surface area contributed by atoms with Gasteiger partial charge in [0, 0.05) is 17.6 Å². The summed E-state index contributed by atoms with van der Waals surface area (Å²) in [6.45, 7) is 0.561. The van der Waals surface area contributed by atoms with Crippen molar-refractivity contribution < 1.29 is 9.53 Å². The predicted octanol–water partition coefficient (Wildman–Crippen LogP) is 2.91. The number of nitrogens with zero attached hydrogens (tertiary/aromatic N) is 3. The summed E-state index contributed by atoms with van der Waals surface area (Å²) in [6.07, 6.45) is 0.564. The minimum atomic E-state index is -0.310. The summed E-state index contributed by atoms with van der Waals surface area (Å²) in [6, 6.07) is 11.9.